The first-order chi connectivity index (χ1) is 12.1. The lowest BCUT2D eigenvalue weighted by Gasteiger charge is -2.08. The fourth-order valence-electron chi connectivity index (χ4n) is 2.06. The number of aromatic nitrogens is 1. The van der Waals surface area contributed by atoms with Crippen molar-refractivity contribution in [1.82, 2.24) is 4.98 Å². The highest BCUT2D eigenvalue weighted by atomic mass is 79.9. The average molecular weight is 401 g/mol. The first-order valence-corrected chi connectivity index (χ1v) is 8.16. The molecule has 0 fully saturated rings. The van der Waals surface area contributed by atoms with E-state index in [1.54, 1.807) is 24.3 Å². The summed E-state index contributed by atoms with van der Waals surface area (Å²) in [5.74, 6) is 1.07. The minimum Gasteiger partial charge on any atom is -0.489 e. The van der Waals surface area contributed by atoms with E-state index in [2.05, 4.69) is 20.9 Å². The van der Waals surface area contributed by atoms with Crippen LogP contribution in [0.25, 0.3) is 0 Å². The summed E-state index contributed by atoms with van der Waals surface area (Å²) in [7, 11) is 0. The molecule has 0 amide bonds. The van der Waals surface area contributed by atoms with Gasteiger partial charge in [-0.1, -0.05) is 28.1 Å². The molecule has 0 aliphatic carbocycles. The maximum atomic E-state index is 11.0. The predicted octanol–water partition coefficient (Wildman–Crippen LogP) is 5.12. The van der Waals surface area contributed by atoms with Crippen molar-refractivity contribution in [2.45, 2.75) is 6.61 Å². The molecule has 6 nitrogen and oxygen atoms in total. The molecule has 3 rings (SSSR count). The van der Waals surface area contributed by atoms with Gasteiger partial charge in [0.2, 0.25) is 0 Å². The van der Waals surface area contributed by atoms with Gasteiger partial charge in [0.1, 0.15) is 18.1 Å². The number of nitro groups is 1. The van der Waals surface area contributed by atoms with Crippen molar-refractivity contribution in [2.75, 3.05) is 0 Å². The maximum Gasteiger partial charge on any atom is 0.331 e. The van der Waals surface area contributed by atoms with Gasteiger partial charge in [-0.3, -0.25) is 10.1 Å². The van der Waals surface area contributed by atoms with E-state index in [1.165, 1.54) is 18.3 Å². The Kier molecular flexibility index (Phi) is 5.25. The number of pyridine rings is 1. The Morgan fingerprint density at radius 2 is 1.68 bits per heavy atom. The van der Waals surface area contributed by atoms with Gasteiger partial charge in [0.05, 0.1) is 4.92 Å². The standard InChI is InChI=1S/C18H13BrN2O4/c19-14-5-3-13(4-6-14)12-24-15-7-9-16(10-8-15)25-18-17(21(22)23)2-1-11-20-18/h1-11H,12H2. The Balaban J connectivity index is 1.64. The second-order valence-electron chi connectivity index (χ2n) is 5.07. The molecule has 1 heterocycles. The SMILES string of the molecule is O=[N+]([O-])c1cccnc1Oc1ccc(OCc2ccc(Br)cc2)cc1. The molecule has 0 spiro atoms. The number of ether oxygens (including phenoxy) is 2. The zero-order valence-electron chi connectivity index (χ0n) is 13.0. The van der Waals surface area contributed by atoms with Crippen molar-refractivity contribution in [3.63, 3.8) is 0 Å². The molecule has 0 saturated heterocycles. The Morgan fingerprint density at radius 3 is 2.36 bits per heavy atom. The summed E-state index contributed by atoms with van der Waals surface area (Å²) in [6.45, 7) is 0.444. The van der Waals surface area contributed by atoms with Crippen LogP contribution in [0.1, 0.15) is 5.56 Å². The van der Waals surface area contributed by atoms with E-state index < -0.39 is 4.92 Å². The molecule has 1 aromatic heterocycles. The Hall–Kier alpha value is -2.93. The fourth-order valence-corrected chi connectivity index (χ4v) is 2.33. The second kappa shape index (κ2) is 7.76. The monoisotopic (exact) mass is 400 g/mol. The third-order valence-corrected chi connectivity index (χ3v) is 3.83. The molecule has 0 saturated carbocycles. The van der Waals surface area contributed by atoms with Crippen LogP contribution >= 0.6 is 15.9 Å². The van der Waals surface area contributed by atoms with Gasteiger partial charge in [-0.05, 0) is 48.0 Å². The number of benzene rings is 2. The number of rotatable bonds is 6. The largest absolute Gasteiger partial charge is 0.489 e. The van der Waals surface area contributed by atoms with E-state index in [1.807, 2.05) is 24.3 Å². The van der Waals surface area contributed by atoms with Crippen molar-refractivity contribution in [3.8, 4) is 17.4 Å². The first kappa shape index (κ1) is 16.9. The van der Waals surface area contributed by atoms with Crippen molar-refractivity contribution in [2.24, 2.45) is 0 Å². The van der Waals surface area contributed by atoms with E-state index in [0.717, 1.165) is 10.0 Å². The summed E-state index contributed by atoms with van der Waals surface area (Å²) in [5, 5.41) is 11.0. The van der Waals surface area contributed by atoms with Crippen molar-refractivity contribution in [3.05, 3.63) is 87.0 Å². The topological polar surface area (TPSA) is 74.5 Å². The highest BCUT2D eigenvalue weighted by Crippen LogP contribution is 2.29. The van der Waals surface area contributed by atoms with Crippen LogP contribution < -0.4 is 9.47 Å². The summed E-state index contributed by atoms with van der Waals surface area (Å²) in [6.07, 6.45) is 1.44. The summed E-state index contributed by atoms with van der Waals surface area (Å²) >= 11 is 3.39. The van der Waals surface area contributed by atoms with Gasteiger partial charge in [0, 0.05) is 16.7 Å². The van der Waals surface area contributed by atoms with Gasteiger partial charge in [-0.15, -0.1) is 0 Å². The maximum absolute atomic E-state index is 11.0. The number of hydrogen-bond acceptors (Lipinski definition) is 5. The molecule has 0 atom stereocenters. The summed E-state index contributed by atoms with van der Waals surface area (Å²) in [5.41, 5.74) is 0.866. The lowest BCUT2D eigenvalue weighted by molar-refractivity contribution is -0.386. The highest BCUT2D eigenvalue weighted by Gasteiger charge is 2.16. The molecule has 0 radical (unpaired) electrons. The predicted molar refractivity (Wildman–Crippen MR) is 95.9 cm³/mol. The quantitative estimate of drug-likeness (QED) is 0.423. The molecule has 2 aromatic carbocycles. The molecule has 0 unspecified atom stereocenters. The third-order valence-electron chi connectivity index (χ3n) is 3.30. The van der Waals surface area contributed by atoms with Crippen LogP contribution in [0.15, 0.2) is 71.3 Å². The van der Waals surface area contributed by atoms with Crippen LogP contribution in [0.5, 0.6) is 17.4 Å². The first-order valence-electron chi connectivity index (χ1n) is 7.36. The highest BCUT2D eigenvalue weighted by molar-refractivity contribution is 9.10. The fraction of sp³-hybridized carbons (Fsp3) is 0.0556. The molecule has 7 heteroatoms. The second-order valence-corrected chi connectivity index (χ2v) is 5.99. The smallest absolute Gasteiger partial charge is 0.331 e. The van der Waals surface area contributed by atoms with Gasteiger partial charge >= 0.3 is 5.69 Å². The number of nitrogens with zero attached hydrogens (tertiary/aromatic N) is 2. The minimum atomic E-state index is -0.530. The zero-order chi connectivity index (χ0) is 17.6. The molecule has 0 N–H and O–H groups in total. The minimum absolute atomic E-state index is 0.0453. The van der Waals surface area contributed by atoms with E-state index in [-0.39, 0.29) is 11.6 Å². The molecule has 3 aromatic rings. The Bertz CT molecular complexity index is 867. The lowest BCUT2D eigenvalue weighted by Crippen LogP contribution is -1.96. The van der Waals surface area contributed by atoms with Crippen LogP contribution in [0, 0.1) is 10.1 Å². The van der Waals surface area contributed by atoms with Crippen molar-refractivity contribution < 1.29 is 14.4 Å². The van der Waals surface area contributed by atoms with Crippen LogP contribution in [0.3, 0.4) is 0 Å². The van der Waals surface area contributed by atoms with E-state index in [4.69, 9.17) is 9.47 Å². The van der Waals surface area contributed by atoms with Gasteiger partial charge in [-0.2, -0.15) is 0 Å². The van der Waals surface area contributed by atoms with Gasteiger partial charge in [-0.25, -0.2) is 4.98 Å². The molecule has 0 aliphatic heterocycles. The number of halogens is 1. The summed E-state index contributed by atoms with van der Waals surface area (Å²) in [4.78, 5) is 14.3. The Morgan fingerprint density at radius 1 is 1.00 bits per heavy atom. The van der Waals surface area contributed by atoms with Gasteiger partial charge in [0.15, 0.2) is 0 Å². The van der Waals surface area contributed by atoms with Crippen LogP contribution in [-0.4, -0.2) is 9.91 Å². The van der Waals surface area contributed by atoms with Gasteiger partial charge < -0.3 is 9.47 Å². The van der Waals surface area contributed by atoms with Crippen molar-refractivity contribution >= 4 is 21.6 Å². The van der Waals surface area contributed by atoms with Crippen LogP contribution in [0.4, 0.5) is 5.69 Å². The Labute approximate surface area is 152 Å². The van der Waals surface area contributed by atoms with Gasteiger partial charge in [0.25, 0.3) is 5.88 Å². The van der Waals surface area contributed by atoms with Crippen LogP contribution in [0.2, 0.25) is 0 Å². The summed E-state index contributed by atoms with van der Waals surface area (Å²) < 4.78 is 12.2. The summed E-state index contributed by atoms with van der Waals surface area (Å²) in [6, 6.07) is 17.5. The molecule has 25 heavy (non-hydrogen) atoms. The number of hydrogen-bond donors (Lipinski definition) is 0. The molecule has 0 bridgehead atoms. The molecular formula is C18H13BrN2O4. The third kappa shape index (κ3) is 4.54. The van der Waals surface area contributed by atoms with E-state index >= 15 is 0 Å². The average Bonchev–Trinajstić information content (AvgIpc) is 2.63. The van der Waals surface area contributed by atoms with Crippen LogP contribution in [-0.2, 0) is 6.61 Å². The van der Waals surface area contributed by atoms with E-state index in [9.17, 15) is 10.1 Å². The normalized spacial score (nSPS) is 10.3. The molecule has 126 valence electrons. The van der Waals surface area contributed by atoms with Crippen molar-refractivity contribution in [1.29, 1.82) is 0 Å². The molecular weight excluding hydrogens is 388 g/mol. The molecule has 0 aliphatic rings. The zero-order valence-corrected chi connectivity index (χ0v) is 14.5. The lowest BCUT2D eigenvalue weighted by atomic mass is 10.2. The van der Waals surface area contributed by atoms with E-state index in [0.29, 0.717) is 18.1 Å².